The number of nitrogens with zero attached hydrogens (tertiary/aromatic N) is 2. The second kappa shape index (κ2) is 9.53. The van der Waals surface area contributed by atoms with E-state index in [0.717, 1.165) is 43.1 Å². The van der Waals surface area contributed by atoms with Crippen LogP contribution in [0.25, 0.3) is 0 Å². The summed E-state index contributed by atoms with van der Waals surface area (Å²) in [6, 6.07) is 18.1. The zero-order valence-electron chi connectivity index (χ0n) is 16.2. The van der Waals surface area contributed by atoms with Gasteiger partial charge in [0.1, 0.15) is 11.9 Å². The third kappa shape index (κ3) is 5.08. The van der Waals surface area contributed by atoms with E-state index in [1.54, 1.807) is 0 Å². The fraction of sp³-hybridized carbons (Fsp3) is 0.409. The minimum Gasteiger partial charge on any atom is -0.483 e. The average Bonchev–Trinajstić information content (AvgIpc) is 2.87. The Labute approximate surface area is 161 Å². The van der Waals surface area contributed by atoms with E-state index in [4.69, 9.17) is 4.74 Å². The number of likely N-dealkylation sites (N-methyl/N-ethyl adjacent to an activating group) is 1. The summed E-state index contributed by atoms with van der Waals surface area (Å²) in [7, 11) is 4.00. The number of hydrogen-bond donors (Lipinski definition) is 1. The molecule has 0 saturated carbocycles. The van der Waals surface area contributed by atoms with Crippen LogP contribution >= 0.6 is 0 Å². The molecule has 1 unspecified atom stereocenters. The number of hydrogen-bond acceptors (Lipinski definition) is 4. The molecule has 1 amide bonds. The van der Waals surface area contributed by atoms with Crippen LogP contribution in [0.4, 0.5) is 5.69 Å². The molecular formula is C22H29N3O2. The Bertz CT molecular complexity index is 735. The molecule has 0 bridgehead atoms. The molecule has 1 heterocycles. The maximum Gasteiger partial charge on any atom is 0.228 e. The molecule has 0 aromatic heterocycles. The zero-order valence-corrected chi connectivity index (χ0v) is 16.2. The Morgan fingerprint density at radius 2 is 1.78 bits per heavy atom. The summed E-state index contributed by atoms with van der Waals surface area (Å²) in [5.41, 5.74) is 2.01. The molecule has 1 aliphatic heterocycles. The lowest BCUT2D eigenvalue weighted by Gasteiger charge is -2.26. The summed E-state index contributed by atoms with van der Waals surface area (Å²) >= 11 is 0. The minimum atomic E-state index is -0.0652. The molecule has 0 spiro atoms. The number of carbonyl (C=O) groups excluding carboxylic acids is 1. The van der Waals surface area contributed by atoms with Gasteiger partial charge in [0.25, 0.3) is 0 Å². The van der Waals surface area contributed by atoms with Crippen LogP contribution in [0.2, 0.25) is 0 Å². The fourth-order valence-corrected chi connectivity index (χ4v) is 3.35. The highest BCUT2D eigenvalue weighted by atomic mass is 16.5. The molecule has 1 saturated heterocycles. The van der Waals surface area contributed by atoms with E-state index in [-0.39, 0.29) is 12.0 Å². The van der Waals surface area contributed by atoms with E-state index in [1.807, 2.05) is 54.4 Å². The van der Waals surface area contributed by atoms with Gasteiger partial charge in [-0.1, -0.05) is 42.5 Å². The standard InChI is InChI=1S/C22H29N3O2/c1-23-14-12-20(18-8-4-3-5-9-18)27-21-11-7-6-10-19(21)25-17-16-24(2)15-13-22(25)26/h3-11,20,23H,12-17H2,1-2H3. The Hall–Kier alpha value is -2.37. The highest BCUT2D eigenvalue weighted by Crippen LogP contribution is 2.34. The SMILES string of the molecule is CNCCC(Oc1ccccc1N1CCN(C)CCC1=O)c1ccccc1. The van der Waals surface area contributed by atoms with Crippen molar-refractivity contribution in [2.45, 2.75) is 18.9 Å². The summed E-state index contributed by atoms with van der Waals surface area (Å²) in [4.78, 5) is 16.7. The number of rotatable bonds is 7. The van der Waals surface area contributed by atoms with Gasteiger partial charge in [0.2, 0.25) is 5.91 Å². The van der Waals surface area contributed by atoms with Gasteiger partial charge >= 0.3 is 0 Å². The topological polar surface area (TPSA) is 44.8 Å². The van der Waals surface area contributed by atoms with Crippen molar-refractivity contribution < 1.29 is 9.53 Å². The number of ether oxygens (including phenoxy) is 1. The molecule has 1 fully saturated rings. The Balaban J connectivity index is 1.86. The number of carbonyl (C=O) groups is 1. The molecular weight excluding hydrogens is 338 g/mol. The highest BCUT2D eigenvalue weighted by molar-refractivity contribution is 5.95. The fourth-order valence-electron chi connectivity index (χ4n) is 3.35. The highest BCUT2D eigenvalue weighted by Gasteiger charge is 2.24. The zero-order chi connectivity index (χ0) is 19.1. The predicted octanol–water partition coefficient (Wildman–Crippen LogP) is 3.08. The van der Waals surface area contributed by atoms with Gasteiger partial charge in [-0.05, 0) is 38.3 Å². The van der Waals surface area contributed by atoms with E-state index in [1.165, 1.54) is 0 Å². The summed E-state index contributed by atoms with van der Waals surface area (Å²) in [6.45, 7) is 3.20. The van der Waals surface area contributed by atoms with Crippen molar-refractivity contribution in [1.82, 2.24) is 10.2 Å². The van der Waals surface area contributed by atoms with Crippen LogP contribution in [0, 0.1) is 0 Å². The molecule has 2 aromatic carbocycles. The van der Waals surface area contributed by atoms with Crippen molar-refractivity contribution in [2.75, 3.05) is 45.2 Å². The van der Waals surface area contributed by atoms with Crippen molar-refractivity contribution in [3.63, 3.8) is 0 Å². The van der Waals surface area contributed by atoms with Crippen LogP contribution < -0.4 is 15.0 Å². The minimum absolute atomic E-state index is 0.0652. The molecule has 3 rings (SSSR count). The second-order valence-corrected chi connectivity index (χ2v) is 6.98. The van der Waals surface area contributed by atoms with Crippen LogP contribution in [-0.2, 0) is 4.79 Å². The molecule has 27 heavy (non-hydrogen) atoms. The molecule has 144 valence electrons. The number of nitrogens with one attached hydrogen (secondary N) is 1. The largest absolute Gasteiger partial charge is 0.483 e. The molecule has 1 N–H and O–H groups in total. The van der Waals surface area contributed by atoms with Gasteiger partial charge in [-0.2, -0.15) is 0 Å². The third-order valence-corrected chi connectivity index (χ3v) is 4.97. The first-order valence-corrected chi connectivity index (χ1v) is 9.63. The Morgan fingerprint density at radius 1 is 1.04 bits per heavy atom. The van der Waals surface area contributed by atoms with Gasteiger partial charge in [-0.15, -0.1) is 0 Å². The quantitative estimate of drug-likeness (QED) is 0.817. The first kappa shape index (κ1) is 19.4. The number of amides is 1. The smallest absolute Gasteiger partial charge is 0.228 e. The van der Waals surface area contributed by atoms with Crippen molar-refractivity contribution in [3.8, 4) is 5.75 Å². The number of benzene rings is 2. The van der Waals surface area contributed by atoms with Crippen molar-refractivity contribution in [3.05, 3.63) is 60.2 Å². The first-order chi connectivity index (χ1) is 13.2. The van der Waals surface area contributed by atoms with Crippen LogP contribution in [0.1, 0.15) is 24.5 Å². The maximum atomic E-state index is 12.7. The summed E-state index contributed by atoms with van der Waals surface area (Å²) in [6.07, 6.45) is 1.32. The average molecular weight is 367 g/mol. The monoisotopic (exact) mass is 367 g/mol. The van der Waals surface area contributed by atoms with Gasteiger partial charge in [-0.3, -0.25) is 4.79 Å². The predicted molar refractivity (Wildman–Crippen MR) is 109 cm³/mol. The van der Waals surface area contributed by atoms with Crippen LogP contribution in [0.15, 0.2) is 54.6 Å². The van der Waals surface area contributed by atoms with E-state index in [0.29, 0.717) is 13.0 Å². The molecule has 0 radical (unpaired) electrons. The number of anilines is 1. The van der Waals surface area contributed by atoms with Crippen molar-refractivity contribution in [2.24, 2.45) is 0 Å². The van der Waals surface area contributed by atoms with Gasteiger partial charge in [-0.25, -0.2) is 0 Å². The Morgan fingerprint density at radius 3 is 2.56 bits per heavy atom. The van der Waals surface area contributed by atoms with Crippen LogP contribution in [0.5, 0.6) is 5.75 Å². The lowest BCUT2D eigenvalue weighted by atomic mass is 10.1. The van der Waals surface area contributed by atoms with Gasteiger partial charge in [0.15, 0.2) is 0 Å². The van der Waals surface area contributed by atoms with Gasteiger partial charge < -0.3 is 19.9 Å². The first-order valence-electron chi connectivity index (χ1n) is 9.63. The second-order valence-electron chi connectivity index (χ2n) is 6.98. The molecule has 2 aromatic rings. The lowest BCUT2D eigenvalue weighted by Crippen LogP contribution is -2.33. The van der Waals surface area contributed by atoms with Crippen LogP contribution in [-0.4, -0.2) is 51.1 Å². The normalized spacial score (nSPS) is 16.8. The molecule has 1 aliphatic rings. The maximum absolute atomic E-state index is 12.7. The van der Waals surface area contributed by atoms with E-state index in [9.17, 15) is 4.79 Å². The summed E-state index contributed by atoms with van der Waals surface area (Å²) in [5, 5.41) is 3.20. The van der Waals surface area contributed by atoms with Gasteiger partial charge in [0.05, 0.1) is 5.69 Å². The molecule has 1 atom stereocenters. The summed E-state index contributed by atoms with van der Waals surface area (Å²) in [5.74, 6) is 0.919. The Kier molecular flexibility index (Phi) is 6.85. The molecule has 5 heteroatoms. The van der Waals surface area contributed by atoms with Crippen molar-refractivity contribution >= 4 is 11.6 Å². The van der Waals surface area contributed by atoms with E-state index in [2.05, 4.69) is 29.4 Å². The lowest BCUT2D eigenvalue weighted by molar-refractivity contribution is -0.118. The van der Waals surface area contributed by atoms with Crippen molar-refractivity contribution in [1.29, 1.82) is 0 Å². The number of para-hydroxylation sites is 2. The van der Waals surface area contributed by atoms with E-state index < -0.39 is 0 Å². The van der Waals surface area contributed by atoms with Gasteiger partial charge in [0, 0.05) is 32.5 Å². The van der Waals surface area contributed by atoms with E-state index >= 15 is 0 Å². The summed E-state index contributed by atoms with van der Waals surface area (Å²) < 4.78 is 6.46. The van der Waals surface area contributed by atoms with Crippen LogP contribution in [0.3, 0.4) is 0 Å². The molecule has 5 nitrogen and oxygen atoms in total. The molecule has 0 aliphatic carbocycles. The third-order valence-electron chi connectivity index (χ3n) is 4.97.